The summed E-state index contributed by atoms with van der Waals surface area (Å²) in [6.45, 7) is 4.16. The Bertz CT molecular complexity index is 916. The summed E-state index contributed by atoms with van der Waals surface area (Å²) in [5.74, 6) is 0.919. The number of halogens is 1. The number of hydrogen-bond donors (Lipinski definition) is 1. The van der Waals surface area contributed by atoms with Gasteiger partial charge >= 0.3 is 0 Å². The van der Waals surface area contributed by atoms with E-state index in [0.29, 0.717) is 25.6 Å². The Morgan fingerprint density at radius 2 is 1.94 bits per heavy atom. The molecule has 5 rings (SSSR count). The number of amides is 1. The van der Waals surface area contributed by atoms with Crippen LogP contribution in [0.5, 0.6) is 5.75 Å². The smallest absolute Gasteiger partial charge is 0.225 e. The Hall–Kier alpha value is -2.44. The van der Waals surface area contributed by atoms with Crippen LogP contribution in [0.2, 0.25) is 0 Å². The minimum atomic E-state index is -0.258. The fourth-order valence-corrected chi connectivity index (χ4v) is 5.34. The summed E-state index contributed by atoms with van der Waals surface area (Å²) in [6, 6.07) is 14.7. The van der Waals surface area contributed by atoms with Gasteiger partial charge in [0.15, 0.2) is 0 Å². The molecule has 31 heavy (non-hydrogen) atoms. The SMILES string of the molecule is O=C(NCc1ccccc1)[C@@H]1CN(CC2CCOCC2)[C@H]2c3cc(F)ccc3OC[C@@H]12. The van der Waals surface area contributed by atoms with Gasteiger partial charge in [-0.3, -0.25) is 9.69 Å². The van der Waals surface area contributed by atoms with Gasteiger partial charge in [-0.15, -0.1) is 0 Å². The standard InChI is InChI=1S/C25H29FN2O3/c26-19-6-7-23-20(12-19)24-22(16-31-23)21(15-28(24)14-18-8-10-30-11-9-18)25(29)27-13-17-4-2-1-3-5-17/h1-7,12,18,21-22,24H,8-11,13-16H2,(H,27,29)/t21-,22+,24+/m1/s1. The van der Waals surface area contributed by atoms with Crippen molar-refractivity contribution in [3.63, 3.8) is 0 Å². The Morgan fingerprint density at radius 1 is 1.13 bits per heavy atom. The second kappa shape index (κ2) is 8.97. The lowest BCUT2D eigenvalue weighted by molar-refractivity contribution is -0.126. The summed E-state index contributed by atoms with van der Waals surface area (Å²) in [5, 5.41) is 3.12. The van der Waals surface area contributed by atoms with Gasteiger partial charge in [0.25, 0.3) is 0 Å². The summed E-state index contributed by atoms with van der Waals surface area (Å²) < 4.78 is 25.6. The van der Waals surface area contributed by atoms with E-state index in [1.807, 2.05) is 30.3 Å². The summed E-state index contributed by atoms with van der Waals surface area (Å²) >= 11 is 0. The second-order valence-electron chi connectivity index (χ2n) is 8.92. The molecule has 3 aliphatic heterocycles. The first-order valence-corrected chi connectivity index (χ1v) is 11.2. The van der Waals surface area contributed by atoms with E-state index in [1.165, 1.54) is 6.07 Å². The van der Waals surface area contributed by atoms with Crippen LogP contribution in [0.4, 0.5) is 4.39 Å². The molecular weight excluding hydrogens is 395 g/mol. The number of rotatable bonds is 5. The van der Waals surface area contributed by atoms with Gasteiger partial charge in [-0.25, -0.2) is 4.39 Å². The van der Waals surface area contributed by atoms with Crippen LogP contribution in [0.15, 0.2) is 48.5 Å². The van der Waals surface area contributed by atoms with Crippen LogP contribution in [0.1, 0.15) is 30.0 Å². The maximum atomic E-state index is 14.1. The first-order chi connectivity index (χ1) is 15.2. The number of hydrogen-bond acceptors (Lipinski definition) is 4. The average Bonchev–Trinajstić information content (AvgIpc) is 3.17. The molecule has 0 radical (unpaired) electrons. The molecule has 1 N–H and O–H groups in total. The van der Waals surface area contributed by atoms with Crippen molar-refractivity contribution in [3.05, 3.63) is 65.5 Å². The Labute approximate surface area is 182 Å². The van der Waals surface area contributed by atoms with Crippen LogP contribution in [-0.4, -0.2) is 43.7 Å². The zero-order chi connectivity index (χ0) is 21.2. The molecule has 0 spiro atoms. The van der Waals surface area contributed by atoms with Crippen molar-refractivity contribution < 1.29 is 18.7 Å². The van der Waals surface area contributed by atoms with E-state index in [1.54, 1.807) is 12.1 Å². The maximum absolute atomic E-state index is 14.1. The molecule has 3 aliphatic rings. The van der Waals surface area contributed by atoms with Crippen LogP contribution >= 0.6 is 0 Å². The first-order valence-electron chi connectivity index (χ1n) is 11.2. The van der Waals surface area contributed by atoms with E-state index in [-0.39, 0.29) is 29.6 Å². The Kier molecular flexibility index (Phi) is 5.92. The van der Waals surface area contributed by atoms with Gasteiger partial charge in [0.1, 0.15) is 11.6 Å². The molecule has 0 aliphatic carbocycles. The van der Waals surface area contributed by atoms with Crippen LogP contribution in [0.25, 0.3) is 0 Å². The van der Waals surface area contributed by atoms with Crippen molar-refractivity contribution >= 4 is 5.91 Å². The maximum Gasteiger partial charge on any atom is 0.225 e. The summed E-state index contributed by atoms with van der Waals surface area (Å²) in [5.41, 5.74) is 1.96. The van der Waals surface area contributed by atoms with Crippen molar-refractivity contribution in [1.29, 1.82) is 0 Å². The van der Waals surface area contributed by atoms with E-state index in [0.717, 1.165) is 49.5 Å². The monoisotopic (exact) mass is 424 g/mol. The third-order valence-corrected chi connectivity index (χ3v) is 6.95. The van der Waals surface area contributed by atoms with Crippen LogP contribution in [0, 0.1) is 23.6 Å². The zero-order valence-corrected chi connectivity index (χ0v) is 17.6. The van der Waals surface area contributed by atoms with Crippen molar-refractivity contribution in [2.45, 2.75) is 25.4 Å². The zero-order valence-electron chi connectivity index (χ0n) is 17.6. The van der Waals surface area contributed by atoms with Gasteiger partial charge in [-0.1, -0.05) is 30.3 Å². The number of carbonyl (C=O) groups excluding carboxylic acids is 1. The highest BCUT2D eigenvalue weighted by atomic mass is 19.1. The number of benzene rings is 2. The molecule has 2 aromatic carbocycles. The first kappa shape index (κ1) is 20.5. The predicted molar refractivity (Wildman–Crippen MR) is 115 cm³/mol. The van der Waals surface area contributed by atoms with Crippen molar-refractivity contribution in [2.75, 3.05) is 32.9 Å². The average molecular weight is 425 g/mol. The minimum Gasteiger partial charge on any atom is -0.493 e. The fourth-order valence-electron chi connectivity index (χ4n) is 5.34. The minimum absolute atomic E-state index is 0.00905. The molecule has 0 aromatic heterocycles. The van der Waals surface area contributed by atoms with Gasteiger partial charge in [0.05, 0.1) is 12.5 Å². The lowest BCUT2D eigenvalue weighted by atomic mass is 9.84. The molecule has 2 fully saturated rings. The molecule has 3 heterocycles. The third-order valence-electron chi connectivity index (χ3n) is 6.95. The Morgan fingerprint density at radius 3 is 2.74 bits per heavy atom. The normalized spacial score (nSPS) is 26.0. The summed E-state index contributed by atoms with van der Waals surface area (Å²) in [4.78, 5) is 15.6. The van der Waals surface area contributed by atoms with Gasteiger partial charge in [-0.2, -0.15) is 0 Å². The van der Waals surface area contributed by atoms with E-state index in [9.17, 15) is 9.18 Å². The summed E-state index contributed by atoms with van der Waals surface area (Å²) in [6.07, 6.45) is 2.07. The third kappa shape index (κ3) is 4.32. The molecule has 164 valence electrons. The van der Waals surface area contributed by atoms with E-state index >= 15 is 0 Å². The number of fused-ring (bicyclic) bond motifs is 3. The molecule has 5 nitrogen and oxygen atoms in total. The summed E-state index contributed by atoms with van der Waals surface area (Å²) in [7, 11) is 0. The predicted octanol–water partition coefficient (Wildman–Crippen LogP) is 3.55. The van der Waals surface area contributed by atoms with E-state index in [2.05, 4.69) is 10.2 Å². The highest BCUT2D eigenvalue weighted by Crippen LogP contribution is 2.48. The molecule has 0 bridgehead atoms. The van der Waals surface area contributed by atoms with Crippen molar-refractivity contribution in [2.24, 2.45) is 17.8 Å². The van der Waals surface area contributed by atoms with Gasteiger partial charge in [0, 0.05) is 50.4 Å². The number of nitrogens with zero attached hydrogens (tertiary/aromatic N) is 1. The van der Waals surface area contributed by atoms with Crippen molar-refractivity contribution in [1.82, 2.24) is 10.2 Å². The molecular formula is C25H29FN2O3. The van der Waals surface area contributed by atoms with Crippen LogP contribution in [-0.2, 0) is 16.1 Å². The molecule has 0 saturated carbocycles. The molecule has 3 atom stereocenters. The molecule has 0 unspecified atom stereocenters. The van der Waals surface area contributed by atoms with Gasteiger partial charge < -0.3 is 14.8 Å². The fraction of sp³-hybridized carbons (Fsp3) is 0.480. The number of carbonyl (C=O) groups is 1. The van der Waals surface area contributed by atoms with E-state index in [4.69, 9.17) is 9.47 Å². The second-order valence-corrected chi connectivity index (χ2v) is 8.92. The molecule has 2 aromatic rings. The topological polar surface area (TPSA) is 50.8 Å². The van der Waals surface area contributed by atoms with Crippen LogP contribution < -0.4 is 10.1 Å². The molecule has 6 heteroatoms. The number of nitrogens with one attached hydrogen (secondary N) is 1. The van der Waals surface area contributed by atoms with Crippen molar-refractivity contribution in [3.8, 4) is 5.75 Å². The van der Waals surface area contributed by atoms with Gasteiger partial charge in [-0.05, 0) is 42.5 Å². The number of likely N-dealkylation sites (tertiary alicyclic amines) is 1. The van der Waals surface area contributed by atoms with E-state index < -0.39 is 0 Å². The lowest BCUT2D eigenvalue weighted by Crippen LogP contribution is -2.38. The highest BCUT2D eigenvalue weighted by molar-refractivity contribution is 5.80. The van der Waals surface area contributed by atoms with Crippen LogP contribution in [0.3, 0.4) is 0 Å². The molecule has 2 saturated heterocycles. The largest absolute Gasteiger partial charge is 0.493 e. The lowest BCUT2D eigenvalue weighted by Gasteiger charge is -2.36. The number of ether oxygens (including phenoxy) is 2. The van der Waals surface area contributed by atoms with Gasteiger partial charge in [0.2, 0.25) is 5.91 Å². The Balaban J connectivity index is 1.37. The molecule has 1 amide bonds. The quantitative estimate of drug-likeness (QED) is 0.798. The highest BCUT2D eigenvalue weighted by Gasteiger charge is 2.49.